The number of hydrogen-bond acceptors (Lipinski definition) is 4. The molecule has 0 spiro atoms. The summed E-state index contributed by atoms with van der Waals surface area (Å²) in [4.78, 5) is 19.1. The molecule has 1 aromatic heterocycles. The highest BCUT2D eigenvalue weighted by atomic mass is 16.4. The van der Waals surface area contributed by atoms with Crippen molar-refractivity contribution in [1.29, 1.82) is 0 Å². The Hall–Kier alpha value is -2.43. The summed E-state index contributed by atoms with van der Waals surface area (Å²) in [6.45, 7) is 1.79. The van der Waals surface area contributed by atoms with E-state index in [0.29, 0.717) is 17.2 Å². The molecule has 2 aromatic rings. The predicted molar refractivity (Wildman–Crippen MR) is 63.5 cm³/mol. The molecule has 2 N–H and O–H groups in total. The molecule has 0 fully saturated rings. The van der Waals surface area contributed by atoms with E-state index < -0.39 is 5.97 Å². The maximum Gasteiger partial charge on any atom is 0.337 e. The highest BCUT2D eigenvalue weighted by Gasteiger charge is 2.08. The number of aromatic carboxylic acids is 1. The van der Waals surface area contributed by atoms with Gasteiger partial charge in [-0.2, -0.15) is 0 Å². The molecule has 2 rings (SSSR count). The van der Waals surface area contributed by atoms with Crippen molar-refractivity contribution in [2.45, 2.75) is 6.92 Å². The van der Waals surface area contributed by atoms with Crippen LogP contribution in [0.3, 0.4) is 0 Å². The Bertz CT molecular complexity index is 538. The standard InChI is InChI=1S/C12H11N3O2/c1-8-13-6-9(7-14-8)15-11-5-3-2-4-10(11)12(16)17/h2-7,15H,1H3,(H,16,17). The van der Waals surface area contributed by atoms with Crippen molar-refractivity contribution in [1.82, 2.24) is 9.97 Å². The number of benzene rings is 1. The van der Waals surface area contributed by atoms with E-state index in [2.05, 4.69) is 15.3 Å². The van der Waals surface area contributed by atoms with E-state index in [4.69, 9.17) is 5.11 Å². The van der Waals surface area contributed by atoms with Gasteiger partial charge in [-0.25, -0.2) is 14.8 Å². The van der Waals surface area contributed by atoms with Gasteiger partial charge >= 0.3 is 5.97 Å². The highest BCUT2D eigenvalue weighted by Crippen LogP contribution is 2.19. The van der Waals surface area contributed by atoms with Crippen LogP contribution in [0.25, 0.3) is 0 Å². The Balaban J connectivity index is 2.30. The van der Waals surface area contributed by atoms with Gasteiger partial charge in [0.25, 0.3) is 0 Å². The molecule has 0 radical (unpaired) electrons. The van der Waals surface area contributed by atoms with Crippen molar-refractivity contribution in [2.75, 3.05) is 5.32 Å². The Labute approximate surface area is 98.2 Å². The summed E-state index contributed by atoms with van der Waals surface area (Å²) in [6, 6.07) is 6.69. The molecule has 0 aliphatic heterocycles. The molecule has 5 heteroatoms. The fourth-order valence-electron chi connectivity index (χ4n) is 1.39. The molecular weight excluding hydrogens is 218 g/mol. The number of aryl methyl sites for hydroxylation is 1. The summed E-state index contributed by atoms with van der Waals surface area (Å²) in [5.41, 5.74) is 1.39. The van der Waals surface area contributed by atoms with Gasteiger partial charge in [-0.3, -0.25) is 0 Å². The summed E-state index contributed by atoms with van der Waals surface area (Å²) in [7, 11) is 0. The number of rotatable bonds is 3. The van der Waals surface area contributed by atoms with Crippen LogP contribution < -0.4 is 5.32 Å². The first kappa shape index (κ1) is 11.1. The van der Waals surface area contributed by atoms with Crippen LogP contribution in [0.15, 0.2) is 36.7 Å². The molecule has 5 nitrogen and oxygen atoms in total. The number of carboxylic acid groups (broad SMARTS) is 1. The second-order valence-corrected chi connectivity index (χ2v) is 3.49. The fraction of sp³-hybridized carbons (Fsp3) is 0.0833. The third-order valence-corrected chi connectivity index (χ3v) is 2.22. The van der Waals surface area contributed by atoms with Crippen LogP contribution in [0, 0.1) is 6.92 Å². The van der Waals surface area contributed by atoms with Gasteiger partial charge in [0.1, 0.15) is 5.82 Å². The Morgan fingerprint density at radius 2 is 1.88 bits per heavy atom. The van der Waals surface area contributed by atoms with Crippen molar-refractivity contribution in [3.8, 4) is 0 Å². The van der Waals surface area contributed by atoms with Crippen molar-refractivity contribution < 1.29 is 9.90 Å². The molecule has 0 saturated carbocycles. The zero-order valence-electron chi connectivity index (χ0n) is 9.21. The molecule has 0 unspecified atom stereocenters. The summed E-state index contributed by atoms with van der Waals surface area (Å²) in [5.74, 6) is -0.303. The van der Waals surface area contributed by atoms with Crippen LogP contribution in [0.1, 0.15) is 16.2 Å². The number of carboxylic acids is 1. The second-order valence-electron chi connectivity index (χ2n) is 3.49. The van der Waals surface area contributed by atoms with Crippen LogP contribution >= 0.6 is 0 Å². The first-order chi connectivity index (χ1) is 8.16. The minimum atomic E-state index is -0.971. The van der Waals surface area contributed by atoms with Crippen molar-refractivity contribution in [3.05, 3.63) is 48.0 Å². The third-order valence-electron chi connectivity index (χ3n) is 2.22. The molecule has 0 aliphatic rings. The highest BCUT2D eigenvalue weighted by molar-refractivity contribution is 5.95. The van der Waals surface area contributed by atoms with E-state index in [1.165, 1.54) is 0 Å². The summed E-state index contributed by atoms with van der Waals surface area (Å²) in [5, 5.41) is 12.0. The van der Waals surface area contributed by atoms with Crippen molar-refractivity contribution in [2.24, 2.45) is 0 Å². The van der Waals surface area contributed by atoms with E-state index in [9.17, 15) is 4.79 Å². The molecule has 0 bridgehead atoms. The Morgan fingerprint density at radius 1 is 1.24 bits per heavy atom. The molecule has 17 heavy (non-hydrogen) atoms. The number of aromatic nitrogens is 2. The quantitative estimate of drug-likeness (QED) is 0.844. The van der Waals surface area contributed by atoms with E-state index in [0.717, 1.165) is 0 Å². The number of para-hydroxylation sites is 1. The first-order valence-electron chi connectivity index (χ1n) is 5.05. The average Bonchev–Trinajstić information content (AvgIpc) is 2.32. The SMILES string of the molecule is Cc1ncc(Nc2ccccc2C(=O)O)cn1. The van der Waals surface area contributed by atoms with Gasteiger partial charge in [-0.15, -0.1) is 0 Å². The number of hydrogen-bond donors (Lipinski definition) is 2. The third kappa shape index (κ3) is 2.57. The zero-order valence-corrected chi connectivity index (χ0v) is 9.21. The summed E-state index contributed by atoms with van der Waals surface area (Å²) >= 11 is 0. The zero-order chi connectivity index (χ0) is 12.3. The van der Waals surface area contributed by atoms with Gasteiger partial charge < -0.3 is 10.4 Å². The lowest BCUT2D eigenvalue weighted by Gasteiger charge is -2.08. The second kappa shape index (κ2) is 4.61. The minimum Gasteiger partial charge on any atom is -0.478 e. The van der Waals surface area contributed by atoms with Crippen LogP contribution in [0.5, 0.6) is 0 Å². The van der Waals surface area contributed by atoms with Gasteiger partial charge in [0.2, 0.25) is 0 Å². The molecule has 1 aromatic carbocycles. The number of carbonyl (C=O) groups is 1. The first-order valence-corrected chi connectivity index (χ1v) is 5.05. The summed E-state index contributed by atoms with van der Waals surface area (Å²) in [6.07, 6.45) is 3.22. The molecule has 0 atom stereocenters. The van der Waals surface area contributed by atoms with Gasteiger partial charge in [0.05, 0.1) is 29.3 Å². The Morgan fingerprint density at radius 3 is 2.53 bits per heavy atom. The topological polar surface area (TPSA) is 75.1 Å². The van der Waals surface area contributed by atoms with Crippen molar-refractivity contribution >= 4 is 17.3 Å². The minimum absolute atomic E-state index is 0.216. The normalized spacial score (nSPS) is 9.94. The van der Waals surface area contributed by atoms with E-state index >= 15 is 0 Å². The molecule has 0 saturated heterocycles. The Kier molecular flexibility index (Phi) is 3.00. The molecule has 0 aliphatic carbocycles. The number of nitrogens with zero attached hydrogens (tertiary/aromatic N) is 2. The van der Waals surface area contributed by atoms with Gasteiger partial charge in [0, 0.05) is 0 Å². The molecule has 86 valence electrons. The average molecular weight is 229 g/mol. The van der Waals surface area contributed by atoms with E-state index in [1.54, 1.807) is 43.6 Å². The van der Waals surface area contributed by atoms with Crippen molar-refractivity contribution in [3.63, 3.8) is 0 Å². The number of anilines is 2. The van der Waals surface area contributed by atoms with E-state index in [-0.39, 0.29) is 5.56 Å². The monoisotopic (exact) mass is 229 g/mol. The van der Waals surface area contributed by atoms with Crippen LogP contribution in [-0.2, 0) is 0 Å². The van der Waals surface area contributed by atoms with Crippen LogP contribution in [0.4, 0.5) is 11.4 Å². The lowest BCUT2D eigenvalue weighted by atomic mass is 10.2. The van der Waals surface area contributed by atoms with Crippen LogP contribution in [-0.4, -0.2) is 21.0 Å². The fourth-order valence-corrected chi connectivity index (χ4v) is 1.39. The lowest BCUT2D eigenvalue weighted by molar-refractivity contribution is 0.0698. The van der Waals surface area contributed by atoms with E-state index in [1.807, 2.05) is 0 Å². The van der Waals surface area contributed by atoms with Gasteiger partial charge in [-0.1, -0.05) is 12.1 Å². The molecule has 0 amide bonds. The predicted octanol–water partition coefficient (Wildman–Crippen LogP) is 2.23. The smallest absolute Gasteiger partial charge is 0.337 e. The van der Waals surface area contributed by atoms with Gasteiger partial charge in [-0.05, 0) is 19.1 Å². The summed E-state index contributed by atoms with van der Waals surface area (Å²) < 4.78 is 0. The van der Waals surface area contributed by atoms with Gasteiger partial charge in [0.15, 0.2) is 0 Å². The maximum absolute atomic E-state index is 11.0. The molecule has 1 heterocycles. The van der Waals surface area contributed by atoms with Crippen LogP contribution in [0.2, 0.25) is 0 Å². The largest absolute Gasteiger partial charge is 0.478 e. The molecular formula is C12H11N3O2. The lowest BCUT2D eigenvalue weighted by Crippen LogP contribution is -2.02. The maximum atomic E-state index is 11.0. The number of nitrogens with one attached hydrogen (secondary N) is 1.